The second-order valence-electron chi connectivity index (χ2n) is 5.41. The van der Waals surface area contributed by atoms with Crippen molar-refractivity contribution in [3.05, 3.63) is 71.9 Å². The highest BCUT2D eigenvalue weighted by atomic mass is 16.4. The molecule has 0 amide bonds. The van der Waals surface area contributed by atoms with Crippen LogP contribution in [0.5, 0.6) is 0 Å². The van der Waals surface area contributed by atoms with Gasteiger partial charge in [0.15, 0.2) is 5.69 Å². The lowest BCUT2D eigenvalue weighted by Crippen LogP contribution is -2.07. The van der Waals surface area contributed by atoms with E-state index < -0.39 is 5.97 Å². The smallest absolute Gasteiger partial charge is 0.354 e. The third-order valence-corrected chi connectivity index (χ3v) is 3.72. The van der Waals surface area contributed by atoms with Gasteiger partial charge in [0.2, 0.25) is 0 Å². The van der Waals surface area contributed by atoms with Crippen molar-refractivity contribution in [1.82, 2.24) is 9.78 Å². The van der Waals surface area contributed by atoms with Crippen LogP contribution in [0.15, 0.2) is 60.7 Å². The summed E-state index contributed by atoms with van der Waals surface area (Å²) in [4.78, 5) is 11.5. The van der Waals surface area contributed by atoms with Gasteiger partial charge in [-0.1, -0.05) is 55.8 Å². The Morgan fingerprint density at radius 2 is 1.78 bits per heavy atom. The fraction of sp³-hybridized carbons (Fsp3) is 0.158. The number of rotatable bonds is 5. The quantitative estimate of drug-likeness (QED) is 0.769. The van der Waals surface area contributed by atoms with Gasteiger partial charge in [-0.3, -0.25) is 0 Å². The third-order valence-electron chi connectivity index (χ3n) is 3.72. The molecular formula is C19H18N2O2. The van der Waals surface area contributed by atoms with Crippen LogP contribution in [0.3, 0.4) is 0 Å². The number of hydrogen-bond donors (Lipinski definition) is 1. The molecule has 4 heteroatoms. The maximum atomic E-state index is 11.5. The topological polar surface area (TPSA) is 55.1 Å². The second kappa shape index (κ2) is 6.48. The molecule has 0 unspecified atom stereocenters. The number of carbonyl (C=O) groups is 1. The Morgan fingerprint density at radius 1 is 1.09 bits per heavy atom. The molecule has 0 saturated carbocycles. The van der Waals surface area contributed by atoms with Crippen LogP contribution in [0.2, 0.25) is 0 Å². The lowest BCUT2D eigenvalue weighted by Gasteiger charge is -2.03. The average Bonchev–Trinajstić information content (AvgIpc) is 3.02. The van der Waals surface area contributed by atoms with E-state index in [1.807, 2.05) is 42.5 Å². The summed E-state index contributed by atoms with van der Waals surface area (Å²) in [6.07, 6.45) is 2.14. The van der Waals surface area contributed by atoms with Crippen LogP contribution in [0.25, 0.3) is 16.9 Å². The van der Waals surface area contributed by atoms with Gasteiger partial charge in [-0.25, -0.2) is 9.48 Å². The summed E-state index contributed by atoms with van der Waals surface area (Å²) >= 11 is 0. The van der Waals surface area contributed by atoms with Gasteiger partial charge in [0, 0.05) is 5.56 Å². The molecule has 0 fully saturated rings. The zero-order valence-corrected chi connectivity index (χ0v) is 12.9. The fourth-order valence-corrected chi connectivity index (χ4v) is 2.57. The van der Waals surface area contributed by atoms with Crippen LogP contribution in [-0.2, 0) is 6.42 Å². The number of carboxylic acids is 1. The fourth-order valence-electron chi connectivity index (χ4n) is 2.57. The van der Waals surface area contributed by atoms with Gasteiger partial charge in [-0.2, -0.15) is 5.10 Å². The highest BCUT2D eigenvalue weighted by Gasteiger charge is 2.16. The van der Waals surface area contributed by atoms with E-state index in [1.54, 1.807) is 6.07 Å². The van der Waals surface area contributed by atoms with Crippen molar-refractivity contribution >= 4 is 5.97 Å². The maximum absolute atomic E-state index is 11.5. The Bertz CT molecular complexity index is 805. The van der Waals surface area contributed by atoms with Crippen LogP contribution in [-0.4, -0.2) is 20.9 Å². The van der Waals surface area contributed by atoms with Gasteiger partial charge in [-0.15, -0.1) is 0 Å². The zero-order chi connectivity index (χ0) is 16.2. The Labute approximate surface area is 135 Å². The first-order valence-corrected chi connectivity index (χ1v) is 7.67. The Hall–Kier alpha value is -2.88. The molecule has 0 aliphatic rings. The van der Waals surface area contributed by atoms with Gasteiger partial charge in [0.05, 0.1) is 11.4 Å². The number of aromatic carboxylic acids is 1. The summed E-state index contributed by atoms with van der Waals surface area (Å²) in [6.45, 7) is 2.15. The van der Waals surface area contributed by atoms with Crippen LogP contribution < -0.4 is 0 Å². The molecule has 0 bridgehead atoms. The van der Waals surface area contributed by atoms with Crippen LogP contribution in [0.4, 0.5) is 0 Å². The number of benzene rings is 2. The summed E-state index contributed by atoms with van der Waals surface area (Å²) in [5.41, 5.74) is 3.75. The van der Waals surface area contributed by atoms with E-state index in [0.29, 0.717) is 5.69 Å². The minimum Gasteiger partial charge on any atom is -0.477 e. The monoisotopic (exact) mass is 306 g/mol. The second-order valence-corrected chi connectivity index (χ2v) is 5.41. The first-order chi connectivity index (χ1) is 11.2. The van der Waals surface area contributed by atoms with E-state index >= 15 is 0 Å². The van der Waals surface area contributed by atoms with E-state index in [9.17, 15) is 9.90 Å². The summed E-state index contributed by atoms with van der Waals surface area (Å²) in [7, 11) is 0. The number of nitrogens with zero attached hydrogens (tertiary/aromatic N) is 2. The minimum absolute atomic E-state index is 0.156. The Kier molecular flexibility index (Phi) is 4.24. The third kappa shape index (κ3) is 3.16. The largest absolute Gasteiger partial charge is 0.477 e. The molecule has 0 radical (unpaired) electrons. The summed E-state index contributed by atoms with van der Waals surface area (Å²) < 4.78 is 1.47. The maximum Gasteiger partial charge on any atom is 0.354 e. The van der Waals surface area contributed by atoms with E-state index in [0.717, 1.165) is 24.1 Å². The van der Waals surface area contributed by atoms with Crippen molar-refractivity contribution in [1.29, 1.82) is 0 Å². The van der Waals surface area contributed by atoms with E-state index in [4.69, 9.17) is 0 Å². The summed E-state index contributed by atoms with van der Waals surface area (Å²) in [6, 6.07) is 19.0. The molecule has 23 heavy (non-hydrogen) atoms. The predicted octanol–water partition coefficient (Wildman–Crippen LogP) is 4.19. The van der Waals surface area contributed by atoms with Crippen LogP contribution >= 0.6 is 0 Å². The average molecular weight is 306 g/mol. The van der Waals surface area contributed by atoms with E-state index in [1.165, 1.54) is 10.2 Å². The number of hydrogen-bond acceptors (Lipinski definition) is 2. The Morgan fingerprint density at radius 3 is 2.39 bits per heavy atom. The standard InChI is InChI=1S/C19H18N2O2/c1-2-6-14-9-11-15(12-10-14)17-13-18(19(22)23)21(20-17)16-7-4-3-5-8-16/h3-5,7-13H,2,6H2,1H3,(H,22,23). The number of aryl methyl sites for hydroxylation is 1. The van der Waals surface area contributed by atoms with Crippen molar-refractivity contribution in [3.8, 4) is 16.9 Å². The van der Waals surface area contributed by atoms with Crippen molar-refractivity contribution < 1.29 is 9.90 Å². The van der Waals surface area contributed by atoms with E-state index in [-0.39, 0.29) is 5.69 Å². The highest BCUT2D eigenvalue weighted by Crippen LogP contribution is 2.22. The van der Waals surface area contributed by atoms with Gasteiger partial charge < -0.3 is 5.11 Å². The van der Waals surface area contributed by atoms with Crippen LogP contribution in [0, 0.1) is 0 Å². The SMILES string of the molecule is CCCc1ccc(-c2cc(C(=O)O)n(-c3ccccc3)n2)cc1. The predicted molar refractivity (Wildman–Crippen MR) is 90.0 cm³/mol. The first kappa shape index (κ1) is 15.0. The summed E-state index contributed by atoms with van der Waals surface area (Å²) in [5, 5.41) is 13.9. The lowest BCUT2D eigenvalue weighted by atomic mass is 10.1. The normalized spacial score (nSPS) is 10.7. The van der Waals surface area contributed by atoms with Gasteiger partial charge >= 0.3 is 5.97 Å². The van der Waals surface area contributed by atoms with Gasteiger partial charge in [0.25, 0.3) is 0 Å². The molecule has 3 aromatic rings. The molecule has 0 aliphatic heterocycles. The van der Waals surface area contributed by atoms with Gasteiger partial charge in [-0.05, 0) is 30.2 Å². The molecule has 0 saturated heterocycles. The molecule has 0 spiro atoms. The summed E-state index contributed by atoms with van der Waals surface area (Å²) in [5.74, 6) is -0.991. The molecule has 1 N–H and O–H groups in total. The zero-order valence-electron chi connectivity index (χ0n) is 12.9. The highest BCUT2D eigenvalue weighted by molar-refractivity contribution is 5.88. The molecule has 4 nitrogen and oxygen atoms in total. The van der Waals surface area contributed by atoms with Crippen molar-refractivity contribution in [2.24, 2.45) is 0 Å². The molecule has 3 rings (SSSR count). The first-order valence-electron chi connectivity index (χ1n) is 7.67. The molecule has 1 aromatic heterocycles. The molecule has 0 atom stereocenters. The Balaban J connectivity index is 2.02. The number of aromatic nitrogens is 2. The van der Waals surface area contributed by atoms with Crippen LogP contribution in [0.1, 0.15) is 29.4 Å². The molecule has 2 aromatic carbocycles. The molecule has 0 aliphatic carbocycles. The molecular weight excluding hydrogens is 288 g/mol. The van der Waals surface area contributed by atoms with Crippen molar-refractivity contribution in [2.45, 2.75) is 19.8 Å². The number of para-hydroxylation sites is 1. The van der Waals surface area contributed by atoms with Gasteiger partial charge in [0.1, 0.15) is 0 Å². The van der Waals surface area contributed by atoms with Crippen molar-refractivity contribution in [2.75, 3.05) is 0 Å². The minimum atomic E-state index is -0.991. The molecule has 116 valence electrons. The molecule has 1 heterocycles. The number of carboxylic acid groups (broad SMARTS) is 1. The van der Waals surface area contributed by atoms with Crippen molar-refractivity contribution in [3.63, 3.8) is 0 Å². The van der Waals surface area contributed by atoms with E-state index in [2.05, 4.69) is 24.2 Å². The lowest BCUT2D eigenvalue weighted by molar-refractivity contribution is 0.0687.